The predicted molar refractivity (Wildman–Crippen MR) is 235 cm³/mol. The number of primary amides is 1. The zero-order valence-corrected chi connectivity index (χ0v) is 36.6. The highest BCUT2D eigenvalue weighted by Gasteiger charge is 2.63. The first-order chi connectivity index (χ1) is 28.7. The minimum Gasteiger partial charge on any atom is -0.618 e. The number of fused-ring (bicyclic) bond motifs is 8. The van der Waals surface area contributed by atoms with E-state index in [2.05, 4.69) is 36.6 Å². The number of hydrogen-bond donors (Lipinski definition) is 3. The lowest BCUT2D eigenvalue weighted by Gasteiger charge is -2.51. The maximum Gasteiger partial charge on any atom is 0.315 e. The van der Waals surface area contributed by atoms with E-state index in [-0.39, 0.29) is 35.4 Å². The van der Waals surface area contributed by atoms with Crippen LogP contribution in [0.1, 0.15) is 135 Å². The Morgan fingerprint density at radius 3 is 2.65 bits per heavy atom. The summed E-state index contributed by atoms with van der Waals surface area (Å²) in [6.45, 7) is 9.27. The number of unbranched alkanes of at least 4 members (excludes halogenated alkanes) is 7. The first-order valence-corrected chi connectivity index (χ1v) is 23.5. The molecule has 6 aliphatic heterocycles. The second-order valence-corrected chi connectivity index (χ2v) is 20.5. The molecule has 324 valence electrons. The second-order valence-electron chi connectivity index (χ2n) is 19.3. The third-order valence-corrected chi connectivity index (χ3v) is 16.3. The summed E-state index contributed by atoms with van der Waals surface area (Å²) in [5, 5.41) is 20.8. The first-order valence-electron chi connectivity index (χ1n) is 22.4. The van der Waals surface area contributed by atoms with E-state index < -0.39 is 28.4 Å². The second kappa shape index (κ2) is 16.5. The normalized spacial score (nSPS) is 31.7. The standard InChI is InChI=1S/C47H63N5O7S/c1-44(2)34-28-47(42(48)55)23-16-25-51(47)41(54)33(34)27-32-30-19-20-35-31(38(30)52(57)40(32)44)21-24-45(3,59-35)22-14-10-8-6-5-7-9-11-15-26-58-37(53)18-13-12-17-36-39-46(4,29-60-36)50-43(56)49-39/h10,14,19-21,24,27,33-34,36,39H,5-9,11-13,15-18,22-23,25-26,28-29H2,1-4H3,(H2,48,55)(H2,49,50,56)/b14-10+/t33-,34?,36+,39-,45?,46+,47+/m1/s1. The number of ether oxygens (including phenoxy) is 2. The monoisotopic (exact) mass is 841 g/mol. The van der Waals surface area contributed by atoms with Crippen LogP contribution in [0, 0.1) is 22.5 Å². The number of nitrogens with one attached hydrogen (secondary N) is 2. The molecule has 4 N–H and O–H groups in total. The summed E-state index contributed by atoms with van der Waals surface area (Å²) < 4.78 is 13.1. The van der Waals surface area contributed by atoms with E-state index in [9.17, 15) is 24.4 Å². The smallest absolute Gasteiger partial charge is 0.315 e. The lowest BCUT2D eigenvalue weighted by atomic mass is 9.57. The van der Waals surface area contributed by atoms with Gasteiger partial charge in [0.2, 0.25) is 23.2 Å². The average molecular weight is 842 g/mol. The van der Waals surface area contributed by atoms with Gasteiger partial charge in [-0.05, 0) is 109 Å². The SMILES string of the molecule is CC1(C/C=C/CCCCCCCCOC(=O)CCCC[C@@H]2SC[C@]3(C)NC(=O)N[C@H]23)C=Cc2c(ccc3c2[N+]([O-])=C2C3=C[C@H]3C(=O)N4CCC[C@@]4(C(N)=O)CC3C2(C)C)O1. The molecule has 60 heavy (non-hydrogen) atoms. The van der Waals surface area contributed by atoms with Crippen molar-refractivity contribution in [1.29, 1.82) is 0 Å². The Balaban J connectivity index is 0.739. The van der Waals surface area contributed by atoms with Gasteiger partial charge in [-0.1, -0.05) is 50.3 Å². The zero-order chi connectivity index (χ0) is 42.5. The van der Waals surface area contributed by atoms with Crippen molar-refractivity contribution in [3.8, 4) is 5.75 Å². The Kier molecular flexibility index (Phi) is 11.7. The molecule has 7 atom stereocenters. The number of carbonyl (C=O) groups is 4. The van der Waals surface area contributed by atoms with E-state index in [0.29, 0.717) is 61.2 Å². The number of esters is 1. The van der Waals surface area contributed by atoms with Crippen molar-refractivity contribution < 1.29 is 33.4 Å². The van der Waals surface area contributed by atoms with E-state index in [4.69, 9.17) is 15.2 Å². The minimum absolute atomic E-state index is 0.0590. The Bertz CT molecular complexity index is 2040. The van der Waals surface area contributed by atoms with Crippen LogP contribution >= 0.6 is 11.8 Å². The number of nitrogens with zero attached hydrogens (tertiary/aromatic N) is 2. The Morgan fingerprint density at radius 2 is 1.85 bits per heavy atom. The highest BCUT2D eigenvalue weighted by Crippen LogP contribution is 2.58. The quantitative estimate of drug-likeness (QED) is 0.0359. The maximum absolute atomic E-state index is 14.3. The fraction of sp³-hybridized carbons (Fsp3) is 0.638. The number of thioether (sulfide) groups is 1. The molecule has 4 saturated heterocycles. The number of hydrogen-bond acceptors (Lipinski definition) is 8. The van der Waals surface area contributed by atoms with Gasteiger partial charge in [0.15, 0.2) is 0 Å². The van der Waals surface area contributed by atoms with E-state index in [1.54, 1.807) is 4.90 Å². The number of carbonyl (C=O) groups excluding carboxylic acids is 4. The first kappa shape index (κ1) is 42.4. The lowest BCUT2D eigenvalue weighted by molar-refractivity contribution is -0.362. The molecule has 13 heteroatoms. The van der Waals surface area contributed by atoms with Crippen molar-refractivity contribution in [3.63, 3.8) is 0 Å². The van der Waals surface area contributed by atoms with Crippen LogP contribution in [-0.2, 0) is 19.1 Å². The van der Waals surface area contributed by atoms with E-state index in [1.165, 1.54) is 0 Å². The minimum atomic E-state index is -0.979. The van der Waals surface area contributed by atoms with Gasteiger partial charge in [-0.3, -0.25) is 14.4 Å². The van der Waals surface area contributed by atoms with Crippen LogP contribution < -0.4 is 21.1 Å². The number of nitrogens with two attached hydrogens (primary N) is 1. The third-order valence-electron chi connectivity index (χ3n) is 14.6. The number of amides is 4. The number of benzene rings is 1. The highest BCUT2D eigenvalue weighted by atomic mass is 32.2. The molecule has 8 rings (SSSR count). The molecule has 4 fully saturated rings. The van der Waals surface area contributed by atoms with Crippen molar-refractivity contribution in [2.45, 2.75) is 152 Å². The maximum atomic E-state index is 14.3. The van der Waals surface area contributed by atoms with Gasteiger partial charge >= 0.3 is 12.0 Å². The Labute approximate surface area is 358 Å². The highest BCUT2D eigenvalue weighted by molar-refractivity contribution is 8.00. The van der Waals surface area contributed by atoms with Crippen LogP contribution in [0.4, 0.5) is 10.5 Å². The van der Waals surface area contributed by atoms with Crippen LogP contribution in [0.25, 0.3) is 11.6 Å². The fourth-order valence-electron chi connectivity index (χ4n) is 11.2. The van der Waals surface area contributed by atoms with Crippen LogP contribution in [0.5, 0.6) is 5.75 Å². The van der Waals surface area contributed by atoms with Crippen molar-refractivity contribution >= 4 is 58.6 Å². The molecule has 1 aromatic carbocycles. The average Bonchev–Trinajstić information content (AvgIpc) is 3.94. The summed E-state index contributed by atoms with van der Waals surface area (Å²) >= 11 is 1.91. The fourth-order valence-corrected chi connectivity index (χ4v) is 12.9. The van der Waals surface area contributed by atoms with Crippen LogP contribution in [-0.4, -0.2) is 86.0 Å². The van der Waals surface area contributed by atoms with Gasteiger partial charge in [-0.15, -0.1) is 0 Å². The third kappa shape index (κ3) is 7.65. The van der Waals surface area contributed by atoms with Gasteiger partial charge in [-0.2, -0.15) is 16.5 Å². The molecule has 0 aromatic heterocycles. The molecule has 0 saturated carbocycles. The molecule has 0 radical (unpaired) electrons. The molecule has 6 heterocycles. The number of rotatable bonds is 17. The summed E-state index contributed by atoms with van der Waals surface area (Å²) in [6.07, 6.45) is 23.7. The van der Waals surface area contributed by atoms with Gasteiger partial charge in [0.05, 0.1) is 46.2 Å². The molecular weight excluding hydrogens is 779 g/mol. The zero-order valence-electron chi connectivity index (χ0n) is 35.8. The van der Waals surface area contributed by atoms with Gasteiger partial charge in [0.25, 0.3) is 0 Å². The number of allylic oxidation sites excluding steroid dienone is 2. The molecule has 0 bridgehead atoms. The van der Waals surface area contributed by atoms with Crippen LogP contribution in [0.15, 0.2) is 36.4 Å². The molecule has 2 unspecified atom stereocenters. The summed E-state index contributed by atoms with van der Waals surface area (Å²) in [5.41, 5.74) is 7.19. The van der Waals surface area contributed by atoms with Crippen LogP contribution in [0.3, 0.4) is 0 Å². The summed E-state index contributed by atoms with van der Waals surface area (Å²) in [7, 11) is 0. The van der Waals surface area contributed by atoms with Gasteiger partial charge in [0, 0.05) is 30.4 Å². The molecule has 1 aromatic rings. The van der Waals surface area contributed by atoms with Crippen LogP contribution in [0.2, 0.25) is 0 Å². The van der Waals surface area contributed by atoms with Crippen molar-refractivity contribution in [2.75, 3.05) is 18.9 Å². The van der Waals surface area contributed by atoms with E-state index in [1.807, 2.05) is 56.0 Å². The number of urea groups is 1. The Morgan fingerprint density at radius 1 is 1.07 bits per heavy atom. The summed E-state index contributed by atoms with van der Waals surface area (Å²) in [6, 6.07) is 4.00. The summed E-state index contributed by atoms with van der Waals surface area (Å²) in [4.78, 5) is 52.5. The lowest BCUT2D eigenvalue weighted by Crippen LogP contribution is -2.65. The Hall–Kier alpha value is -4.26. The largest absolute Gasteiger partial charge is 0.618 e. The van der Waals surface area contributed by atoms with E-state index in [0.717, 1.165) is 97.8 Å². The predicted octanol–water partition coefficient (Wildman–Crippen LogP) is 7.69. The summed E-state index contributed by atoms with van der Waals surface area (Å²) in [5.74, 6) is 0.340. The van der Waals surface area contributed by atoms with Gasteiger partial charge in [0.1, 0.15) is 16.9 Å². The molecular formula is C47H63N5O7S. The van der Waals surface area contributed by atoms with E-state index >= 15 is 0 Å². The molecule has 12 nitrogen and oxygen atoms in total. The van der Waals surface area contributed by atoms with Crippen molar-refractivity contribution in [3.05, 3.63) is 52.8 Å². The van der Waals surface area contributed by atoms with Gasteiger partial charge < -0.3 is 35.9 Å². The van der Waals surface area contributed by atoms with Gasteiger partial charge in [-0.25, -0.2) is 4.79 Å². The number of piperidine rings is 1. The molecule has 7 aliphatic rings. The topological polar surface area (TPSA) is 166 Å². The molecule has 1 aliphatic carbocycles. The molecule has 4 amide bonds. The molecule has 0 spiro atoms. The van der Waals surface area contributed by atoms with Crippen molar-refractivity contribution in [2.24, 2.45) is 23.0 Å². The van der Waals surface area contributed by atoms with Crippen molar-refractivity contribution in [1.82, 2.24) is 15.5 Å².